The van der Waals surface area contributed by atoms with Crippen molar-refractivity contribution in [1.82, 2.24) is 4.90 Å². The van der Waals surface area contributed by atoms with Gasteiger partial charge >= 0.3 is 0 Å². The minimum absolute atomic E-state index is 0.0862. The molecular weight excluding hydrogens is 209 g/mol. The van der Waals surface area contributed by atoms with Gasteiger partial charge in [0.2, 0.25) is 0 Å². The van der Waals surface area contributed by atoms with Crippen LogP contribution in [0, 0.1) is 0 Å². The largest absolute Gasteiger partial charge is 0.311 e. The second-order valence-electron chi connectivity index (χ2n) is 3.73. The second-order valence-corrected chi connectivity index (χ2v) is 3.73. The van der Waals surface area contributed by atoms with E-state index in [9.17, 15) is 4.79 Å². The highest BCUT2D eigenvalue weighted by molar-refractivity contribution is 6.59. The van der Waals surface area contributed by atoms with Gasteiger partial charge in [-0.25, -0.2) is 0 Å². The van der Waals surface area contributed by atoms with Crippen LogP contribution in [0.3, 0.4) is 0 Å². The molecule has 0 amide bonds. The van der Waals surface area contributed by atoms with Crippen LogP contribution in [0.1, 0.15) is 66.7 Å². The lowest BCUT2D eigenvalue weighted by atomic mass is 9.90. The molecule has 17 heavy (non-hydrogen) atoms. The van der Waals surface area contributed by atoms with E-state index in [2.05, 4.69) is 6.92 Å². The third kappa shape index (κ3) is 15.7. The summed E-state index contributed by atoms with van der Waals surface area (Å²) in [6, 6.07) is -0.0862. The maximum Gasteiger partial charge on any atom is 0.170 e. The Balaban J connectivity index is -0.000000439. The minimum Gasteiger partial charge on any atom is -0.311 e. The summed E-state index contributed by atoms with van der Waals surface area (Å²) in [5.41, 5.74) is -0.207. The Morgan fingerprint density at radius 1 is 1.06 bits per heavy atom. The number of nitrogens with zero attached hydrogens (tertiary/aromatic N) is 1. The van der Waals surface area contributed by atoms with Gasteiger partial charge in [-0.3, -0.25) is 0 Å². The first-order valence-electron chi connectivity index (χ1n) is 7.05. The Hall–Kier alpha value is -0.305. The quantitative estimate of drug-likeness (QED) is 0.501. The van der Waals surface area contributed by atoms with E-state index in [1.165, 1.54) is 19.3 Å². The third-order valence-corrected chi connectivity index (χ3v) is 2.28. The highest BCUT2D eigenvalue weighted by atomic mass is 16.1. The normalized spacial score (nSPS) is 10.8. The van der Waals surface area contributed by atoms with Crippen molar-refractivity contribution in [3.8, 4) is 0 Å². The molecule has 2 nitrogen and oxygen atoms in total. The van der Waals surface area contributed by atoms with Crippen molar-refractivity contribution >= 4 is 13.5 Å². The molecule has 1 unspecified atom stereocenters. The van der Waals surface area contributed by atoms with Gasteiger partial charge in [-0.2, -0.15) is 0 Å². The standard InChI is InChI=1S/C10H20BNO.2C2H6/c1-4-5-6-7-8-9(10(11)13)12(2)3;2*1-2/h9H,4-8H2,1-3H3;2*1-2H3. The zero-order chi connectivity index (χ0) is 14.3. The topological polar surface area (TPSA) is 20.3 Å². The summed E-state index contributed by atoms with van der Waals surface area (Å²) >= 11 is 0. The van der Waals surface area contributed by atoms with E-state index in [0.29, 0.717) is 0 Å². The lowest BCUT2D eigenvalue weighted by Gasteiger charge is -2.21. The van der Waals surface area contributed by atoms with Crippen molar-refractivity contribution in [2.45, 2.75) is 72.8 Å². The molecule has 0 saturated carbocycles. The van der Waals surface area contributed by atoms with Crippen LogP contribution in [0.5, 0.6) is 0 Å². The van der Waals surface area contributed by atoms with E-state index in [0.717, 1.165) is 12.8 Å². The Labute approximate surface area is 111 Å². The second kappa shape index (κ2) is 18.1. The monoisotopic (exact) mass is 241 g/mol. The van der Waals surface area contributed by atoms with E-state index in [1.54, 1.807) is 0 Å². The van der Waals surface area contributed by atoms with Gasteiger partial charge in [-0.05, 0) is 20.5 Å². The lowest BCUT2D eigenvalue weighted by Crippen LogP contribution is -2.35. The van der Waals surface area contributed by atoms with Crippen molar-refractivity contribution < 1.29 is 4.79 Å². The van der Waals surface area contributed by atoms with E-state index in [-0.39, 0.29) is 11.7 Å². The van der Waals surface area contributed by atoms with E-state index >= 15 is 0 Å². The fourth-order valence-corrected chi connectivity index (χ4v) is 1.42. The van der Waals surface area contributed by atoms with Gasteiger partial charge in [0.15, 0.2) is 7.85 Å². The molecule has 102 valence electrons. The van der Waals surface area contributed by atoms with Crippen molar-refractivity contribution in [2.24, 2.45) is 0 Å². The van der Waals surface area contributed by atoms with Gasteiger partial charge in [0.1, 0.15) is 0 Å². The van der Waals surface area contributed by atoms with Gasteiger partial charge in [-0.15, -0.1) is 0 Å². The molecule has 0 N–H and O–H groups in total. The summed E-state index contributed by atoms with van der Waals surface area (Å²) in [5, 5.41) is 0. The molecule has 0 saturated heterocycles. The van der Waals surface area contributed by atoms with E-state index in [4.69, 9.17) is 7.85 Å². The summed E-state index contributed by atoms with van der Waals surface area (Å²) in [7, 11) is 9.07. The minimum atomic E-state index is -0.207. The molecule has 0 spiro atoms. The first-order chi connectivity index (χ1) is 8.09. The molecule has 0 aromatic rings. The fourth-order valence-electron chi connectivity index (χ4n) is 1.42. The molecule has 1 atom stereocenters. The molecule has 2 radical (unpaired) electrons. The number of rotatable bonds is 7. The number of carbonyl (C=O) groups excluding carboxylic acids is 1. The summed E-state index contributed by atoms with van der Waals surface area (Å²) in [4.78, 5) is 12.9. The smallest absolute Gasteiger partial charge is 0.170 e. The van der Waals surface area contributed by atoms with Crippen molar-refractivity contribution in [2.75, 3.05) is 14.1 Å². The maximum absolute atomic E-state index is 11.0. The predicted octanol–water partition coefficient (Wildman–Crippen LogP) is 3.63. The van der Waals surface area contributed by atoms with Crippen molar-refractivity contribution in [3.63, 3.8) is 0 Å². The van der Waals surface area contributed by atoms with Crippen LogP contribution in [0.25, 0.3) is 0 Å². The first kappa shape index (κ1) is 21.9. The zero-order valence-corrected chi connectivity index (χ0v) is 13.0. The predicted molar refractivity (Wildman–Crippen MR) is 79.7 cm³/mol. The fraction of sp³-hybridized carbons (Fsp3) is 0.929. The molecule has 0 aliphatic carbocycles. The molecule has 0 rings (SSSR count). The van der Waals surface area contributed by atoms with Gasteiger partial charge < -0.3 is 9.69 Å². The number of carbonyl (C=O) groups is 1. The Morgan fingerprint density at radius 3 is 1.82 bits per heavy atom. The molecule has 3 heteroatoms. The van der Waals surface area contributed by atoms with Crippen LogP contribution >= 0.6 is 0 Å². The number of hydrogen-bond donors (Lipinski definition) is 0. The Kier molecular flexibility index (Phi) is 23.3. The van der Waals surface area contributed by atoms with E-state index in [1.807, 2.05) is 46.7 Å². The van der Waals surface area contributed by atoms with Crippen LogP contribution in [-0.4, -0.2) is 38.6 Å². The highest BCUT2D eigenvalue weighted by Gasteiger charge is 2.14. The van der Waals surface area contributed by atoms with Gasteiger partial charge in [-0.1, -0.05) is 60.3 Å². The van der Waals surface area contributed by atoms with Crippen LogP contribution in [0.2, 0.25) is 0 Å². The summed E-state index contributed by atoms with van der Waals surface area (Å²) in [6.07, 6.45) is 5.66. The van der Waals surface area contributed by atoms with Crippen LogP contribution in [0.4, 0.5) is 0 Å². The Bertz CT molecular complexity index is 149. The summed E-state index contributed by atoms with van der Waals surface area (Å²) < 4.78 is 0. The molecule has 0 aliphatic rings. The lowest BCUT2D eigenvalue weighted by molar-refractivity contribution is -0.116. The molecule has 0 fully saturated rings. The molecular formula is C14H32BNO. The van der Waals surface area contributed by atoms with Crippen LogP contribution in [0.15, 0.2) is 0 Å². The van der Waals surface area contributed by atoms with Crippen molar-refractivity contribution in [3.05, 3.63) is 0 Å². The zero-order valence-electron chi connectivity index (χ0n) is 13.0. The molecule has 0 heterocycles. The number of unbranched alkanes of at least 4 members (excludes halogenated alkanes) is 3. The summed E-state index contributed by atoms with van der Waals surface area (Å²) in [6.45, 7) is 10.2. The van der Waals surface area contributed by atoms with Gasteiger partial charge in [0.05, 0.1) is 11.7 Å². The Morgan fingerprint density at radius 2 is 1.53 bits per heavy atom. The molecule has 0 aromatic carbocycles. The number of hydrogen-bond acceptors (Lipinski definition) is 2. The average molecular weight is 241 g/mol. The van der Waals surface area contributed by atoms with E-state index < -0.39 is 0 Å². The SMILES string of the molecule is CC.CC.[B]C(=O)C(CCCCCC)N(C)C. The van der Waals surface area contributed by atoms with Crippen molar-refractivity contribution in [1.29, 1.82) is 0 Å². The summed E-state index contributed by atoms with van der Waals surface area (Å²) in [5.74, 6) is 0. The van der Waals surface area contributed by atoms with Gasteiger partial charge in [0.25, 0.3) is 0 Å². The molecule has 0 aromatic heterocycles. The number of likely N-dealkylation sites (N-methyl/N-ethyl adjacent to an activating group) is 1. The molecule has 0 aliphatic heterocycles. The first-order valence-corrected chi connectivity index (χ1v) is 7.05. The maximum atomic E-state index is 11.0. The van der Waals surface area contributed by atoms with Gasteiger partial charge in [0, 0.05) is 0 Å². The third-order valence-electron chi connectivity index (χ3n) is 2.28. The molecule has 0 bridgehead atoms. The van der Waals surface area contributed by atoms with Crippen LogP contribution < -0.4 is 0 Å². The van der Waals surface area contributed by atoms with Crippen LogP contribution in [-0.2, 0) is 4.79 Å². The highest BCUT2D eigenvalue weighted by Crippen LogP contribution is 2.08. The average Bonchev–Trinajstić information content (AvgIpc) is 2.33.